The lowest BCUT2D eigenvalue weighted by Gasteiger charge is -2.30. The summed E-state index contributed by atoms with van der Waals surface area (Å²) in [5.41, 5.74) is 2.22. The van der Waals surface area contributed by atoms with Crippen molar-refractivity contribution in [1.29, 1.82) is 0 Å². The van der Waals surface area contributed by atoms with Gasteiger partial charge in [-0.25, -0.2) is 8.42 Å². The molecule has 166 valence electrons. The van der Waals surface area contributed by atoms with E-state index in [1.165, 1.54) is 0 Å². The molecular formula is C23H29N3O4S. The summed E-state index contributed by atoms with van der Waals surface area (Å²) in [6, 6.07) is 12.9. The highest BCUT2D eigenvalue weighted by molar-refractivity contribution is 7.92. The topological polar surface area (TPSA) is 86.8 Å². The van der Waals surface area contributed by atoms with Crippen LogP contribution in [-0.4, -0.2) is 50.5 Å². The molecule has 31 heavy (non-hydrogen) atoms. The van der Waals surface area contributed by atoms with Crippen molar-refractivity contribution in [3.63, 3.8) is 0 Å². The first-order chi connectivity index (χ1) is 14.7. The highest BCUT2D eigenvalue weighted by Gasteiger charge is 2.32. The first-order valence-corrected chi connectivity index (χ1v) is 12.3. The number of anilines is 2. The van der Waals surface area contributed by atoms with Crippen LogP contribution < -0.4 is 9.62 Å². The third-order valence-electron chi connectivity index (χ3n) is 5.43. The molecule has 0 spiro atoms. The summed E-state index contributed by atoms with van der Waals surface area (Å²) in [7, 11) is -3.72. The van der Waals surface area contributed by atoms with Crippen molar-refractivity contribution >= 4 is 33.2 Å². The minimum Gasteiger partial charge on any atom is -0.339 e. The number of hydrogen-bond donors (Lipinski definition) is 1. The van der Waals surface area contributed by atoms with E-state index in [9.17, 15) is 18.0 Å². The number of hydrogen-bond acceptors (Lipinski definition) is 4. The number of sulfonamides is 1. The van der Waals surface area contributed by atoms with Crippen molar-refractivity contribution in [2.75, 3.05) is 29.0 Å². The average molecular weight is 444 g/mol. The third-order valence-corrected chi connectivity index (χ3v) is 6.61. The third kappa shape index (κ3) is 5.25. The summed E-state index contributed by atoms with van der Waals surface area (Å²) < 4.78 is 26.4. The normalized spacial score (nSPS) is 14.9. The highest BCUT2D eigenvalue weighted by Crippen LogP contribution is 2.25. The Bertz CT molecular complexity index is 1040. The van der Waals surface area contributed by atoms with E-state index in [1.54, 1.807) is 48.2 Å². The molecule has 0 saturated carbocycles. The Balaban J connectivity index is 1.90. The fourth-order valence-corrected chi connectivity index (χ4v) is 5.05. The van der Waals surface area contributed by atoms with Crippen LogP contribution in [0.3, 0.4) is 0 Å². The minimum absolute atomic E-state index is 0.125. The predicted molar refractivity (Wildman–Crippen MR) is 123 cm³/mol. The molecule has 2 aromatic carbocycles. The Morgan fingerprint density at radius 1 is 1.06 bits per heavy atom. The number of amides is 2. The number of rotatable bonds is 7. The number of nitrogens with zero attached hydrogens (tertiary/aromatic N) is 2. The van der Waals surface area contributed by atoms with Crippen LogP contribution in [0.2, 0.25) is 0 Å². The summed E-state index contributed by atoms with van der Waals surface area (Å²) in [5.74, 6) is -0.602. The second-order valence-electron chi connectivity index (χ2n) is 7.85. The van der Waals surface area contributed by atoms with Crippen molar-refractivity contribution in [2.24, 2.45) is 0 Å². The van der Waals surface area contributed by atoms with E-state index in [0.29, 0.717) is 30.0 Å². The number of likely N-dealkylation sites (tertiary alicyclic amines) is 1. The van der Waals surface area contributed by atoms with Gasteiger partial charge in [0.2, 0.25) is 15.9 Å². The second-order valence-corrected chi connectivity index (χ2v) is 9.71. The standard InChI is InChI=1S/C23H29N3O4S/c1-4-21(26(31(3,29)30)18-13-11-17(2)12-14-18)22(27)24-20-10-6-5-9-19(20)23(28)25-15-7-8-16-25/h5-6,9-14,21H,4,7-8,15-16H2,1-3H3,(H,24,27). The lowest BCUT2D eigenvalue weighted by molar-refractivity contribution is -0.117. The van der Waals surface area contributed by atoms with Gasteiger partial charge in [0.15, 0.2) is 0 Å². The molecule has 1 fully saturated rings. The zero-order valence-corrected chi connectivity index (χ0v) is 19.0. The molecule has 2 amide bonds. The number of benzene rings is 2. The Morgan fingerprint density at radius 2 is 1.68 bits per heavy atom. The van der Waals surface area contributed by atoms with Gasteiger partial charge in [-0.3, -0.25) is 13.9 Å². The molecule has 7 nitrogen and oxygen atoms in total. The zero-order chi connectivity index (χ0) is 22.6. The maximum Gasteiger partial charge on any atom is 0.255 e. The van der Waals surface area contributed by atoms with Crippen LogP contribution in [0.25, 0.3) is 0 Å². The summed E-state index contributed by atoms with van der Waals surface area (Å²) in [6.07, 6.45) is 3.30. The van der Waals surface area contributed by atoms with Gasteiger partial charge < -0.3 is 10.2 Å². The van der Waals surface area contributed by atoms with Gasteiger partial charge in [0.05, 0.1) is 23.2 Å². The fraction of sp³-hybridized carbons (Fsp3) is 0.391. The molecule has 0 aromatic heterocycles. The van der Waals surface area contributed by atoms with Crippen LogP contribution in [-0.2, 0) is 14.8 Å². The quantitative estimate of drug-likeness (QED) is 0.710. The summed E-state index contributed by atoms with van der Waals surface area (Å²) >= 11 is 0. The smallest absolute Gasteiger partial charge is 0.255 e. The van der Waals surface area contributed by atoms with Crippen molar-refractivity contribution < 1.29 is 18.0 Å². The predicted octanol–water partition coefficient (Wildman–Crippen LogP) is 3.41. The average Bonchev–Trinajstić information content (AvgIpc) is 3.26. The second kappa shape index (κ2) is 9.51. The fourth-order valence-electron chi connectivity index (χ4n) is 3.84. The van der Waals surface area contributed by atoms with Gasteiger partial charge in [-0.2, -0.15) is 0 Å². The van der Waals surface area contributed by atoms with Gasteiger partial charge in [0.1, 0.15) is 6.04 Å². The Morgan fingerprint density at radius 3 is 2.26 bits per heavy atom. The molecule has 3 rings (SSSR count). The molecule has 0 bridgehead atoms. The van der Waals surface area contributed by atoms with Gasteiger partial charge in [-0.15, -0.1) is 0 Å². The molecule has 2 aromatic rings. The number of para-hydroxylation sites is 1. The van der Waals surface area contributed by atoms with Gasteiger partial charge in [-0.05, 0) is 50.5 Å². The van der Waals surface area contributed by atoms with E-state index in [2.05, 4.69) is 5.32 Å². The van der Waals surface area contributed by atoms with Crippen molar-refractivity contribution in [3.8, 4) is 0 Å². The van der Waals surface area contributed by atoms with Crippen LogP contribution >= 0.6 is 0 Å². The lowest BCUT2D eigenvalue weighted by Crippen LogP contribution is -2.47. The number of aryl methyl sites for hydroxylation is 1. The molecule has 1 unspecified atom stereocenters. The van der Waals surface area contributed by atoms with Crippen molar-refractivity contribution in [3.05, 3.63) is 59.7 Å². The highest BCUT2D eigenvalue weighted by atomic mass is 32.2. The molecule has 0 radical (unpaired) electrons. The summed E-state index contributed by atoms with van der Waals surface area (Å²) in [6.45, 7) is 5.08. The Labute approximate surface area is 184 Å². The first-order valence-electron chi connectivity index (χ1n) is 10.5. The maximum atomic E-state index is 13.2. The molecule has 1 atom stereocenters. The lowest BCUT2D eigenvalue weighted by atomic mass is 10.1. The minimum atomic E-state index is -3.72. The number of carbonyl (C=O) groups excluding carboxylic acids is 2. The van der Waals surface area contributed by atoms with Crippen LogP contribution in [0.1, 0.15) is 42.1 Å². The maximum absolute atomic E-state index is 13.2. The van der Waals surface area contributed by atoms with Crippen molar-refractivity contribution in [2.45, 2.75) is 39.2 Å². The molecule has 1 aliphatic heterocycles. The summed E-state index contributed by atoms with van der Waals surface area (Å²) in [4.78, 5) is 27.9. The van der Waals surface area contributed by atoms with E-state index < -0.39 is 22.0 Å². The molecule has 1 heterocycles. The van der Waals surface area contributed by atoms with Gasteiger partial charge >= 0.3 is 0 Å². The van der Waals surface area contributed by atoms with Crippen LogP contribution in [0, 0.1) is 6.92 Å². The molecule has 1 aliphatic rings. The Kier molecular flexibility index (Phi) is 7.00. The molecule has 1 N–H and O–H groups in total. The van der Waals surface area contributed by atoms with E-state index in [0.717, 1.165) is 29.0 Å². The monoisotopic (exact) mass is 443 g/mol. The van der Waals surface area contributed by atoms with Gasteiger partial charge in [0, 0.05) is 13.1 Å². The largest absolute Gasteiger partial charge is 0.339 e. The SMILES string of the molecule is CCC(C(=O)Nc1ccccc1C(=O)N1CCCC1)N(c1ccc(C)cc1)S(C)(=O)=O. The van der Waals surface area contributed by atoms with E-state index in [1.807, 2.05) is 19.1 Å². The number of nitrogens with one attached hydrogen (secondary N) is 1. The molecular weight excluding hydrogens is 414 g/mol. The summed E-state index contributed by atoms with van der Waals surface area (Å²) in [5, 5.41) is 2.81. The van der Waals surface area contributed by atoms with Crippen LogP contribution in [0.15, 0.2) is 48.5 Å². The van der Waals surface area contributed by atoms with E-state index in [4.69, 9.17) is 0 Å². The van der Waals surface area contributed by atoms with E-state index >= 15 is 0 Å². The molecule has 1 saturated heterocycles. The Hall–Kier alpha value is -2.87. The van der Waals surface area contributed by atoms with Gasteiger partial charge in [-0.1, -0.05) is 36.8 Å². The molecule has 0 aliphatic carbocycles. The number of carbonyl (C=O) groups is 2. The molecule has 8 heteroatoms. The van der Waals surface area contributed by atoms with Crippen molar-refractivity contribution in [1.82, 2.24) is 4.90 Å². The van der Waals surface area contributed by atoms with E-state index in [-0.39, 0.29) is 12.3 Å². The van der Waals surface area contributed by atoms with Crippen LogP contribution in [0.5, 0.6) is 0 Å². The first kappa shape index (κ1) is 22.8. The van der Waals surface area contributed by atoms with Crippen LogP contribution in [0.4, 0.5) is 11.4 Å². The zero-order valence-electron chi connectivity index (χ0n) is 18.2. The van der Waals surface area contributed by atoms with Gasteiger partial charge in [0.25, 0.3) is 5.91 Å².